The fraction of sp³-hybridized carbons (Fsp3) is 0.704. The number of hydrogen-bond acceptors (Lipinski definition) is 7. The fourth-order valence-electron chi connectivity index (χ4n) is 7.61. The van der Waals surface area contributed by atoms with Gasteiger partial charge in [0.2, 0.25) is 5.78 Å². The maximum Gasteiger partial charge on any atom is 0.306 e. The zero-order valence-corrected chi connectivity index (χ0v) is 21.1. The maximum absolute atomic E-state index is 17.2. The summed E-state index contributed by atoms with van der Waals surface area (Å²) in [5.41, 5.74) is -6.80. The Labute approximate surface area is 209 Å². The molecular weight excluding hydrogens is 474 g/mol. The number of halogens is 2. The first-order valence-electron chi connectivity index (χ1n) is 12.6. The van der Waals surface area contributed by atoms with Crippen molar-refractivity contribution < 1.29 is 42.5 Å². The molecule has 0 spiro atoms. The number of esters is 2. The molecule has 0 bridgehead atoms. The van der Waals surface area contributed by atoms with E-state index in [0.29, 0.717) is 6.42 Å². The first-order chi connectivity index (χ1) is 16.8. The molecule has 198 valence electrons. The Hall–Kier alpha value is -2.42. The molecule has 0 aliphatic heterocycles. The summed E-state index contributed by atoms with van der Waals surface area (Å²) in [6, 6.07) is 0. The number of hydrogen-bond donors (Lipinski definition) is 1. The highest BCUT2D eigenvalue weighted by molar-refractivity contribution is 6.01. The van der Waals surface area contributed by atoms with Crippen molar-refractivity contribution >= 4 is 23.5 Å². The molecular formula is C27H34F2O7. The highest BCUT2D eigenvalue weighted by atomic mass is 19.1. The lowest BCUT2D eigenvalue weighted by Gasteiger charge is -2.63. The Kier molecular flexibility index (Phi) is 6.55. The van der Waals surface area contributed by atoms with Crippen molar-refractivity contribution in [2.75, 3.05) is 6.61 Å². The van der Waals surface area contributed by atoms with Gasteiger partial charge in [-0.2, -0.15) is 0 Å². The van der Waals surface area contributed by atoms with Gasteiger partial charge in [-0.05, 0) is 62.7 Å². The molecule has 0 amide bonds. The van der Waals surface area contributed by atoms with Crippen molar-refractivity contribution in [1.29, 1.82) is 0 Å². The van der Waals surface area contributed by atoms with E-state index >= 15 is 8.78 Å². The fourth-order valence-corrected chi connectivity index (χ4v) is 7.61. The first-order valence-corrected chi connectivity index (χ1v) is 12.6. The molecule has 4 aliphatic rings. The number of aliphatic hydroxyl groups is 1. The molecule has 0 aromatic rings. The predicted octanol–water partition coefficient (Wildman–Crippen LogP) is 3.52. The third-order valence-electron chi connectivity index (χ3n) is 9.35. The Balaban J connectivity index is 1.80. The van der Waals surface area contributed by atoms with Gasteiger partial charge in [0.25, 0.3) is 0 Å². The van der Waals surface area contributed by atoms with Crippen LogP contribution in [0.4, 0.5) is 8.78 Å². The number of fused-ring (bicyclic) bond motifs is 5. The molecule has 36 heavy (non-hydrogen) atoms. The van der Waals surface area contributed by atoms with Crippen LogP contribution in [0.5, 0.6) is 0 Å². The second-order valence-electron chi connectivity index (χ2n) is 11.2. The smallest absolute Gasteiger partial charge is 0.306 e. The third-order valence-corrected chi connectivity index (χ3v) is 9.35. The van der Waals surface area contributed by atoms with E-state index in [0.717, 1.165) is 13.0 Å². The largest absolute Gasteiger partial charge is 0.458 e. The van der Waals surface area contributed by atoms with E-state index in [-0.39, 0.29) is 37.7 Å². The second-order valence-corrected chi connectivity index (χ2v) is 11.2. The van der Waals surface area contributed by atoms with Gasteiger partial charge < -0.3 is 14.6 Å². The molecule has 9 heteroatoms. The number of ketones is 2. The Bertz CT molecular complexity index is 1050. The van der Waals surface area contributed by atoms with E-state index in [4.69, 9.17) is 9.47 Å². The molecule has 0 heterocycles. The van der Waals surface area contributed by atoms with E-state index in [1.54, 1.807) is 13.8 Å². The molecule has 3 saturated carbocycles. The van der Waals surface area contributed by atoms with Gasteiger partial charge in [-0.25, -0.2) is 8.78 Å². The SMILES string of the molecule is CCCC(=O)O[C@@]1(C(=O)COC(C)=O)CC[C@H]2[C@@H]3CC(F)C4=CC(=O)C=C[C@]4(C)[C@@]3(F)[C@@H](O)C[C@@]21C. The van der Waals surface area contributed by atoms with Crippen LogP contribution in [0.15, 0.2) is 23.8 Å². The number of aliphatic hydroxyl groups excluding tert-OH is 1. The van der Waals surface area contributed by atoms with Crippen molar-refractivity contribution in [3.63, 3.8) is 0 Å². The van der Waals surface area contributed by atoms with Crippen molar-refractivity contribution in [2.45, 2.75) is 89.8 Å². The topological polar surface area (TPSA) is 107 Å². The number of alkyl halides is 2. The minimum Gasteiger partial charge on any atom is -0.458 e. The van der Waals surface area contributed by atoms with Crippen LogP contribution in [0, 0.1) is 22.7 Å². The monoisotopic (exact) mass is 508 g/mol. The van der Waals surface area contributed by atoms with Crippen molar-refractivity contribution in [1.82, 2.24) is 0 Å². The molecule has 1 unspecified atom stereocenters. The van der Waals surface area contributed by atoms with Crippen LogP contribution in [-0.2, 0) is 28.7 Å². The molecule has 7 nitrogen and oxygen atoms in total. The lowest BCUT2D eigenvalue weighted by Crippen LogP contribution is -2.70. The van der Waals surface area contributed by atoms with Crippen LogP contribution in [0.2, 0.25) is 0 Å². The summed E-state index contributed by atoms with van der Waals surface area (Å²) in [5, 5.41) is 11.4. The molecule has 8 atom stereocenters. The first kappa shape index (κ1) is 26.6. The van der Waals surface area contributed by atoms with Crippen molar-refractivity contribution in [2.24, 2.45) is 22.7 Å². The Morgan fingerprint density at radius 1 is 1.22 bits per heavy atom. The lowest BCUT2D eigenvalue weighted by molar-refractivity contribution is -0.229. The summed E-state index contributed by atoms with van der Waals surface area (Å²) in [5.74, 6) is -3.96. The van der Waals surface area contributed by atoms with Gasteiger partial charge >= 0.3 is 11.9 Å². The molecule has 0 radical (unpaired) electrons. The highest BCUT2D eigenvalue weighted by Crippen LogP contribution is 2.70. The summed E-state index contributed by atoms with van der Waals surface area (Å²) in [6.07, 6.45) is 0.783. The van der Waals surface area contributed by atoms with Gasteiger partial charge in [0, 0.05) is 30.1 Å². The Morgan fingerprint density at radius 2 is 1.92 bits per heavy atom. The number of carbonyl (C=O) groups is 4. The molecule has 3 fully saturated rings. The summed E-state index contributed by atoms with van der Waals surface area (Å²) >= 11 is 0. The Morgan fingerprint density at radius 3 is 2.56 bits per heavy atom. The number of rotatable bonds is 6. The van der Waals surface area contributed by atoms with Gasteiger partial charge in [-0.15, -0.1) is 0 Å². The van der Waals surface area contributed by atoms with Crippen LogP contribution in [0.3, 0.4) is 0 Å². The summed E-state index contributed by atoms with van der Waals surface area (Å²) in [4.78, 5) is 49.6. The summed E-state index contributed by atoms with van der Waals surface area (Å²) in [6.45, 7) is 5.50. The van der Waals surface area contributed by atoms with Crippen molar-refractivity contribution in [3.8, 4) is 0 Å². The molecule has 0 aromatic heterocycles. The van der Waals surface area contributed by atoms with Crippen LogP contribution >= 0.6 is 0 Å². The van der Waals surface area contributed by atoms with E-state index in [2.05, 4.69) is 0 Å². The normalized spacial score (nSPS) is 43.1. The zero-order chi connectivity index (χ0) is 26.7. The van der Waals surface area contributed by atoms with E-state index in [1.165, 1.54) is 19.1 Å². The molecule has 0 aromatic carbocycles. The highest BCUT2D eigenvalue weighted by Gasteiger charge is 2.76. The molecule has 4 aliphatic carbocycles. The number of Topliss-reactive ketones (excluding diaryl/α,β-unsaturated/α-hetero) is 1. The third kappa shape index (κ3) is 3.52. The zero-order valence-electron chi connectivity index (χ0n) is 21.1. The van der Waals surface area contributed by atoms with E-state index < -0.39 is 76.3 Å². The predicted molar refractivity (Wildman–Crippen MR) is 124 cm³/mol. The van der Waals surface area contributed by atoms with Gasteiger partial charge in [0.1, 0.15) is 6.17 Å². The van der Waals surface area contributed by atoms with Crippen LogP contribution in [-0.4, -0.2) is 58.8 Å². The number of ether oxygens (including phenoxy) is 2. The van der Waals surface area contributed by atoms with Crippen LogP contribution in [0.1, 0.15) is 66.2 Å². The van der Waals surface area contributed by atoms with E-state index in [1.807, 2.05) is 0 Å². The van der Waals surface area contributed by atoms with Gasteiger partial charge in [-0.3, -0.25) is 19.2 Å². The van der Waals surface area contributed by atoms with Crippen LogP contribution in [0.25, 0.3) is 0 Å². The molecule has 0 saturated heterocycles. The quantitative estimate of drug-likeness (QED) is 0.547. The average Bonchev–Trinajstić information content (AvgIpc) is 3.08. The standard InChI is InChI=1S/C27H34F2O7/c1-5-6-23(34)36-26(22(33)14-35-15(2)30)10-8-17-18-12-20(28)19-11-16(31)7-9-24(19,3)27(18,29)21(32)13-25(17,26)4/h7,9,11,17-18,20-21,32H,5-6,8,10,12-14H2,1-4H3/t17-,18-,20?,21-,24-,25-,26+,27-/m0/s1. The second kappa shape index (κ2) is 8.85. The number of carbonyl (C=O) groups excluding carboxylic acids is 4. The van der Waals surface area contributed by atoms with Crippen LogP contribution < -0.4 is 0 Å². The maximum atomic E-state index is 17.2. The lowest BCUT2D eigenvalue weighted by atomic mass is 9.44. The minimum atomic E-state index is -2.30. The minimum absolute atomic E-state index is 0.0148. The molecule has 4 rings (SSSR count). The summed E-state index contributed by atoms with van der Waals surface area (Å²) < 4.78 is 43.6. The van der Waals surface area contributed by atoms with Crippen molar-refractivity contribution in [3.05, 3.63) is 23.8 Å². The van der Waals surface area contributed by atoms with Gasteiger partial charge in [-0.1, -0.05) is 19.9 Å². The average molecular weight is 509 g/mol. The van der Waals surface area contributed by atoms with Gasteiger partial charge in [0.05, 0.1) is 6.10 Å². The number of allylic oxidation sites excluding steroid dienone is 4. The van der Waals surface area contributed by atoms with Gasteiger partial charge in [0.15, 0.2) is 23.7 Å². The molecule has 1 N–H and O–H groups in total. The van der Waals surface area contributed by atoms with E-state index in [9.17, 15) is 24.3 Å². The summed E-state index contributed by atoms with van der Waals surface area (Å²) in [7, 11) is 0.